The molecule has 0 unspecified atom stereocenters. The van der Waals surface area contributed by atoms with Crippen molar-refractivity contribution in [2.24, 2.45) is 5.92 Å². The molecule has 0 radical (unpaired) electrons. The molecule has 0 rings (SSSR count). The molecule has 7 heteroatoms. The van der Waals surface area contributed by atoms with Crippen molar-refractivity contribution in [3.63, 3.8) is 0 Å². The maximum absolute atomic E-state index is 11.2. The van der Waals surface area contributed by atoms with Crippen LogP contribution in [-0.4, -0.2) is 42.1 Å². The molecule has 0 spiro atoms. The number of urea groups is 1. The molecule has 0 aromatic carbocycles. The van der Waals surface area contributed by atoms with Gasteiger partial charge in [0.05, 0.1) is 6.54 Å². The lowest BCUT2D eigenvalue weighted by Crippen LogP contribution is -2.46. The van der Waals surface area contributed by atoms with Crippen molar-refractivity contribution in [2.45, 2.75) is 26.8 Å². The average Bonchev–Trinajstić information content (AvgIpc) is 2.22. The predicted octanol–water partition coefficient (Wildman–Crippen LogP) is -0.469. The van der Waals surface area contributed by atoms with E-state index in [1.54, 1.807) is 0 Å². The van der Waals surface area contributed by atoms with Crippen LogP contribution in [0.25, 0.3) is 0 Å². The fourth-order valence-corrected chi connectivity index (χ4v) is 0.845. The summed E-state index contributed by atoms with van der Waals surface area (Å²) in [7, 11) is 0. The molecule has 0 aromatic heterocycles. The van der Waals surface area contributed by atoms with Crippen molar-refractivity contribution >= 4 is 17.9 Å². The summed E-state index contributed by atoms with van der Waals surface area (Å²) in [6, 6.07) is -1.41. The Hall–Kier alpha value is -1.63. The zero-order valence-corrected chi connectivity index (χ0v) is 10.2. The standard InChI is InChI=1S/C10H19N3O4/c1-6(2)4-12-10(17)13-8(14)5-11-7(3)9(15)16/h6-7,11H,4-5H2,1-3H3,(H,15,16)(H2,12,13,14,17)/t7-/m0/s1. The van der Waals surface area contributed by atoms with E-state index in [9.17, 15) is 14.4 Å². The fraction of sp³-hybridized carbons (Fsp3) is 0.700. The van der Waals surface area contributed by atoms with Crippen LogP contribution in [0.3, 0.4) is 0 Å². The first-order valence-corrected chi connectivity index (χ1v) is 5.36. The quantitative estimate of drug-likeness (QED) is 0.506. The molecule has 0 saturated heterocycles. The third kappa shape index (κ3) is 8.21. The Bertz CT molecular complexity index is 291. The van der Waals surface area contributed by atoms with Crippen molar-refractivity contribution in [3.05, 3.63) is 0 Å². The summed E-state index contributed by atoms with van der Waals surface area (Å²) in [6.45, 7) is 5.52. The van der Waals surface area contributed by atoms with Crippen molar-refractivity contribution in [3.8, 4) is 0 Å². The number of carboxylic acids is 1. The second-order valence-electron chi connectivity index (χ2n) is 4.09. The second-order valence-corrected chi connectivity index (χ2v) is 4.09. The van der Waals surface area contributed by atoms with E-state index >= 15 is 0 Å². The van der Waals surface area contributed by atoms with E-state index in [0.29, 0.717) is 12.5 Å². The van der Waals surface area contributed by atoms with Gasteiger partial charge in [-0.1, -0.05) is 13.8 Å². The van der Waals surface area contributed by atoms with Gasteiger partial charge in [0, 0.05) is 6.54 Å². The summed E-state index contributed by atoms with van der Waals surface area (Å²) >= 11 is 0. The highest BCUT2D eigenvalue weighted by atomic mass is 16.4. The van der Waals surface area contributed by atoms with Gasteiger partial charge < -0.3 is 10.4 Å². The number of hydrogen-bond acceptors (Lipinski definition) is 4. The third-order valence-electron chi connectivity index (χ3n) is 1.86. The maximum atomic E-state index is 11.2. The Balaban J connectivity index is 3.79. The molecule has 0 fully saturated rings. The highest BCUT2D eigenvalue weighted by molar-refractivity contribution is 5.95. The normalized spacial score (nSPS) is 12.0. The van der Waals surface area contributed by atoms with Gasteiger partial charge in [0.15, 0.2) is 0 Å². The van der Waals surface area contributed by atoms with E-state index in [4.69, 9.17) is 5.11 Å². The van der Waals surface area contributed by atoms with Gasteiger partial charge in [0.2, 0.25) is 5.91 Å². The summed E-state index contributed by atoms with van der Waals surface area (Å²) in [5.74, 6) is -1.33. The Labute approximate surface area is 100.0 Å². The second kappa shape index (κ2) is 7.61. The Morgan fingerprint density at radius 2 is 1.76 bits per heavy atom. The lowest BCUT2D eigenvalue weighted by molar-refractivity contribution is -0.139. The first kappa shape index (κ1) is 15.4. The van der Waals surface area contributed by atoms with E-state index in [2.05, 4.69) is 16.0 Å². The van der Waals surface area contributed by atoms with Crippen LogP contribution < -0.4 is 16.0 Å². The minimum absolute atomic E-state index is 0.220. The predicted molar refractivity (Wildman–Crippen MR) is 61.5 cm³/mol. The smallest absolute Gasteiger partial charge is 0.321 e. The molecule has 0 heterocycles. The van der Waals surface area contributed by atoms with Crippen LogP contribution in [-0.2, 0) is 9.59 Å². The molecule has 98 valence electrons. The summed E-state index contributed by atoms with van der Waals surface area (Å²) < 4.78 is 0. The van der Waals surface area contributed by atoms with Crippen LogP contribution in [0, 0.1) is 5.92 Å². The lowest BCUT2D eigenvalue weighted by Gasteiger charge is -2.10. The van der Waals surface area contributed by atoms with E-state index in [1.165, 1.54) is 6.92 Å². The highest BCUT2D eigenvalue weighted by Crippen LogP contribution is 1.86. The van der Waals surface area contributed by atoms with E-state index in [1.807, 2.05) is 13.8 Å². The van der Waals surface area contributed by atoms with Gasteiger partial charge in [-0.15, -0.1) is 0 Å². The highest BCUT2D eigenvalue weighted by Gasteiger charge is 2.13. The molecule has 0 aliphatic heterocycles. The first-order chi connectivity index (χ1) is 7.82. The molecular weight excluding hydrogens is 226 g/mol. The molecular formula is C10H19N3O4. The van der Waals surface area contributed by atoms with Crippen LogP contribution in [0.5, 0.6) is 0 Å². The molecule has 7 nitrogen and oxygen atoms in total. The zero-order valence-electron chi connectivity index (χ0n) is 10.2. The molecule has 0 aliphatic rings. The Morgan fingerprint density at radius 3 is 2.24 bits per heavy atom. The van der Waals surface area contributed by atoms with Gasteiger partial charge in [0.1, 0.15) is 6.04 Å². The summed E-state index contributed by atoms with van der Waals surface area (Å²) in [4.78, 5) is 32.8. The number of aliphatic carboxylic acids is 1. The monoisotopic (exact) mass is 245 g/mol. The first-order valence-electron chi connectivity index (χ1n) is 5.36. The van der Waals surface area contributed by atoms with Crippen LogP contribution in [0.15, 0.2) is 0 Å². The molecule has 4 N–H and O–H groups in total. The third-order valence-corrected chi connectivity index (χ3v) is 1.86. The number of hydrogen-bond donors (Lipinski definition) is 4. The molecule has 17 heavy (non-hydrogen) atoms. The molecule has 0 bridgehead atoms. The van der Waals surface area contributed by atoms with Crippen molar-refractivity contribution in [2.75, 3.05) is 13.1 Å². The molecule has 0 saturated carbocycles. The van der Waals surface area contributed by atoms with Crippen molar-refractivity contribution < 1.29 is 19.5 Å². The van der Waals surface area contributed by atoms with Crippen LogP contribution in [0.4, 0.5) is 4.79 Å². The van der Waals surface area contributed by atoms with Gasteiger partial charge >= 0.3 is 12.0 Å². The lowest BCUT2D eigenvalue weighted by atomic mass is 10.2. The number of amides is 3. The molecule has 3 amide bonds. The van der Waals surface area contributed by atoms with E-state index in [0.717, 1.165) is 0 Å². The Morgan fingerprint density at radius 1 is 1.18 bits per heavy atom. The fourth-order valence-electron chi connectivity index (χ4n) is 0.845. The van der Waals surface area contributed by atoms with Gasteiger partial charge in [-0.05, 0) is 12.8 Å². The zero-order chi connectivity index (χ0) is 13.4. The molecule has 0 aromatic rings. The SMILES string of the molecule is CC(C)CNC(=O)NC(=O)CN[C@@H](C)C(=O)O. The number of rotatable bonds is 6. The van der Waals surface area contributed by atoms with E-state index in [-0.39, 0.29) is 6.54 Å². The number of carboxylic acid groups (broad SMARTS) is 1. The van der Waals surface area contributed by atoms with Gasteiger partial charge in [-0.3, -0.25) is 20.2 Å². The van der Waals surface area contributed by atoms with Crippen LogP contribution in [0.1, 0.15) is 20.8 Å². The van der Waals surface area contributed by atoms with Crippen LogP contribution >= 0.6 is 0 Å². The number of nitrogens with one attached hydrogen (secondary N) is 3. The van der Waals surface area contributed by atoms with Crippen LogP contribution in [0.2, 0.25) is 0 Å². The molecule has 0 aliphatic carbocycles. The van der Waals surface area contributed by atoms with Gasteiger partial charge in [0.25, 0.3) is 0 Å². The van der Waals surface area contributed by atoms with E-state index < -0.39 is 23.9 Å². The summed E-state index contributed by atoms with van der Waals surface area (Å²) in [5.41, 5.74) is 0. The minimum atomic E-state index is -1.05. The van der Waals surface area contributed by atoms with Crippen molar-refractivity contribution in [1.29, 1.82) is 0 Å². The van der Waals surface area contributed by atoms with Gasteiger partial charge in [-0.25, -0.2) is 4.79 Å². The van der Waals surface area contributed by atoms with Crippen molar-refractivity contribution in [1.82, 2.24) is 16.0 Å². The average molecular weight is 245 g/mol. The maximum Gasteiger partial charge on any atom is 0.321 e. The molecule has 1 atom stereocenters. The largest absolute Gasteiger partial charge is 0.480 e. The summed E-state index contributed by atoms with van der Waals surface area (Å²) in [6.07, 6.45) is 0. The Kier molecular flexibility index (Phi) is 6.88. The minimum Gasteiger partial charge on any atom is -0.480 e. The number of imide groups is 1. The number of carbonyl (C=O) groups is 3. The topological polar surface area (TPSA) is 108 Å². The van der Waals surface area contributed by atoms with Gasteiger partial charge in [-0.2, -0.15) is 0 Å². The summed E-state index contributed by atoms with van der Waals surface area (Å²) in [5, 5.41) is 15.6. The number of carbonyl (C=O) groups excluding carboxylic acids is 2.